The molecule has 1 heterocycles. The Bertz CT molecular complexity index is 1150. The van der Waals surface area contributed by atoms with Crippen molar-refractivity contribution in [2.75, 3.05) is 31.6 Å². The van der Waals surface area contributed by atoms with E-state index in [-0.39, 0.29) is 22.8 Å². The Morgan fingerprint density at radius 3 is 2.35 bits per heavy atom. The van der Waals surface area contributed by atoms with Crippen LogP contribution in [-0.4, -0.2) is 56.9 Å². The fraction of sp³-hybridized carbons (Fsp3) is 0.360. The average molecular weight is 484 g/mol. The first kappa shape index (κ1) is 24.1. The van der Waals surface area contributed by atoms with Gasteiger partial charge in [-0.25, -0.2) is 8.42 Å². The zero-order valence-corrected chi connectivity index (χ0v) is 19.7. The third-order valence-electron chi connectivity index (χ3n) is 6.04. The molecule has 4 rings (SSSR count). The Hall–Kier alpha value is -3.01. The van der Waals surface area contributed by atoms with E-state index in [4.69, 9.17) is 4.74 Å². The van der Waals surface area contributed by atoms with Crippen LogP contribution in [0.5, 0.6) is 0 Å². The average Bonchev–Trinajstić information content (AvgIpc) is 3.37. The highest BCUT2D eigenvalue weighted by molar-refractivity contribution is 7.89. The number of carbonyl (C=O) groups is 2. The number of sulfonamides is 1. The molecule has 2 aromatic carbocycles. The van der Waals surface area contributed by atoms with Gasteiger partial charge in [0.2, 0.25) is 15.9 Å². The van der Waals surface area contributed by atoms with Crippen LogP contribution in [0.4, 0.5) is 5.69 Å². The Kier molecular flexibility index (Phi) is 7.77. The van der Waals surface area contributed by atoms with Crippen molar-refractivity contribution in [1.82, 2.24) is 9.62 Å². The van der Waals surface area contributed by atoms with Gasteiger partial charge in [-0.2, -0.15) is 4.31 Å². The van der Waals surface area contributed by atoms with Gasteiger partial charge in [0.15, 0.2) is 0 Å². The van der Waals surface area contributed by atoms with Crippen molar-refractivity contribution in [2.45, 2.75) is 36.6 Å². The highest BCUT2D eigenvalue weighted by Gasteiger charge is 2.26. The van der Waals surface area contributed by atoms with Gasteiger partial charge in [-0.05, 0) is 48.7 Å². The molecule has 1 aliphatic heterocycles. The summed E-state index contributed by atoms with van der Waals surface area (Å²) in [5, 5.41) is 5.80. The lowest BCUT2D eigenvalue weighted by atomic mass is 10.1. The van der Waals surface area contributed by atoms with Crippen molar-refractivity contribution in [1.29, 1.82) is 0 Å². The minimum atomic E-state index is -3.56. The largest absolute Gasteiger partial charge is 0.379 e. The molecule has 2 N–H and O–H groups in total. The summed E-state index contributed by atoms with van der Waals surface area (Å²) in [5.74, 6) is -0.574. The Morgan fingerprint density at radius 2 is 1.65 bits per heavy atom. The van der Waals surface area contributed by atoms with E-state index in [2.05, 4.69) is 10.6 Å². The summed E-state index contributed by atoms with van der Waals surface area (Å²) in [6.45, 7) is 1.45. The molecular formula is C25H29N3O5S. The number of amides is 2. The van der Waals surface area contributed by atoms with Gasteiger partial charge in [-0.1, -0.05) is 37.1 Å². The molecule has 1 saturated heterocycles. The predicted octanol–water partition coefficient (Wildman–Crippen LogP) is 3.03. The standard InChI is InChI=1S/C25H29N3O5S/c29-24(27-23-8-4-3-7-22(23)25(30)26-20-5-1-2-6-20)14-11-19-9-12-21(13-10-19)34(31,32)28-15-17-33-18-16-28/h3-4,7-14,20H,1-2,5-6,15-18H2,(H,26,30)(H,27,29)/b14-11+. The van der Waals surface area contributed by atoms with E-state index in [1.807, 2.05) is 0 Å². The second kappa shape index (κ2) is 10.9. The smallest absolute Gasteiger partial charge is 0.253 e. The minimum absolute atomic E-state index is 0.186. The van der Waals surface area contributed by atoms with Crippen LogP contribution in [0.3, 0.4) is 0 Å². The number of rotatable bonds is 7. The van der Waals surface area contributed by atoms with Crippen LogP contribution in [0.1, 0.15) is 41.6 Å². The molecule has 2 aromatic rings. The third-order valence-corrected chi connectivity index (χ3v) is 7.95. The second-order valence-electron chi connectivity index (χ2n) is 8.41. The molecule has 2 fully saturated rings. The lowest BCUT2D eigenvalue weighted by Gasteiger charge is -2.26. The maximum Gasteiger partial charge on any atom is 0.253 e. The number of ether oxygens (including phenoxy) is 1. The van der Waals surface area contributed by atoms with E-state index in [1.165, 1.54) is 22.5 Å². The number of hydrogen-bond acceptors (Lipinski definition) is 5. The number of carbonyl (C=O) groups excluding carboxylic acids is 2. The number of anilines is 1. The molecule has 0 radical (unpaired) electrons. The van der Waals surface area contributed by atoms with E-state index < -0.39 is 10.0 Å². The molecule has 0 unspecified atom stereocenters. The van der Waals surface area contributed by atoms with Crippen LogP contribution in [0.15, 0.2) is 59.5 Å². The van der Waals surface area contributed by atoms with E-state index in [0.29, 0.717) is 43.1 Å². The minimum Gasteiger partial charge on any atom is -0.379 e. The highest BCUT2D eigenvalue weighted by Crippen LogP contribution is 2.21. The summed E-state index contributed by atoms with van der Waals surface area (Å²) in [5.41, 5.74) is 1.55. The number of nitrogens with one attached hydrogen (secondary N) is 2. The first-order chi connectivity index (χ1) is 16.4. The monoisotopic (exact) mass is 483 g/mol. The Balaban J connectivity index is 1.38. The molecule has 0 bridgehead atoms. The number of benzene rings is 2. The summed E-state index contributed by atoms with van der Waals surface area (Å²) in [7, 11) is -3.56. The molecule has 8 nitrogen and oxygen atoms in total. The quantitative estimate of drug-likeness (QED) is 0.589. The Labute approximate surface area is 200 Å². The van der Waals surface area contributed by atoms with Crippen molar-refractivity contribution in [3.05, 3.63) is 65.7 Å². The summed E-state index contributed by atoms with van der Waals surface area (Å²) in [6, 6.07) is 13.5. The van der Waals surface area contributed by atoms with Crippen molar-refractivity contribution >= 4 is 33.6 Å². The second-order valence-corrected chi connectivity index (χ2v) is 10.3. The predicted molar refractivity (Wildman–Crippen MR) is 130 cm³/mol. The summed E-state index contributed by atoms with van der Waals surface area (Å²) < 4.78 is 32.1. The van der Waals surface area contributed by atoms with Crippen molar-refractivity contribution in [2.24, 2.45) is 0 Å². The zero-order chi connectivity index (χ0) is 24.0. The molecule has 1 saturated carbocycles. The van der Waals surface area contributed by atoms with Gasteiger partial charge in [0.1, 0.15) is 0 Å². The number of hydrogen-bond donors (Lipinski definition) is 2. The van der Waals surface area contributed by atoms with Crippen LogP contribution in [0, 0.1) is 0 Å². The van der Waals surface area contributed by atoms with E-state index >= 15 is 0 Å². The lowest BCUT2D eigenvalue weighted by Crippen LogP contribution is -2.40. The fourth-order valence-corrected chi connectivity index (χ4v) is 5.56. The van der Waals surface area contributed by atoms with Gasteiger partial charge in [0.05, 0.1) is 29.4 Å². The van der Waals surface area contributed by atoms with Gasteiger partial charge >= 0.3 is 0 Å². The summed E-state index contributed by atoms with van der Waals surface area (Å²) >= 11 is 0. The molecular weight excluding hydrogens is 454 g/mol. The molecule has 0 spiro atoms. The summed E-state index contributed by atoms with van der Waals surface area (Å²) in [6.07, 6.45) is 7.16. The van der Waals surface area contributed by atoms with Gasteiger partial charge in [-0.15, -0.1) is 0 Å². The van der Waals surface area contributed by atoms with Gasteiger partial charge in [-0.3, -0.25) is 9.59 Å². The highest BCUT2D eigenvalue weighted by atomic mass is 32.2. The molecule has 180 valence electrons. The van der Waals surface area contributed by atoms with Crippen LogP contribution in [-0.2, 0) is 19.6 Å². The van der Waals surface area contributed by atoms with E-state index in [1.54, 1.807) is 42.5 Å². The van der Waals surface area contributed by atoms with Crippen LogP contribution < -0.4 is 10.6 Å². The first-order valence-corrected chi connectivity index (χ1v) is 12.9. The maximum absolute atomic E-state index is 12.7. The molecule has 1 aliphatic carbocycles. The Morgan fingerprint density at radius 1 is 0.971 bits per heavy atom. The molecule has 0 aromatic heterocycles. The zero-order valence-electron chi connectivity index (χ0n) is 18.9. The molecule has 0 atom stereocenters. The molecule has 2 amide bonds. The molecule has 2 aliphatic rings. The number of morpholine rings is 1. The lowest BCUT2D eigenvalue weighted by molar-refractivity contribution is -0.111. The van der Waals surface area contributed by atoms with Crippen molar-refractivity contribution in [3.8, 4) is 0 Å². The van der Waals surface area contributed by atoms with Gasteiger partial charge in [0.25, 0.3) is 5.91 Å². The van der Waals surface area contributed by atoms with Gasteiger partial charge < -0.3 is 15.4 Å². The topological polar surface area (TPSA) is 105 Å². The van der Waals surface area contributed by atoms with Crippen LogP contribution in [0.2, 0.25) is 0 Å². The molecule has 34 heavy (non-hydrogen) atoms. The van der Waals surface area contributed by atoms with Crippen molar-refractivity contribution < 1.29 is 22.7 Å². The number of nitrogens with zero attached hydrogens (tertiary/aromatic N) is 1. The van der Waals surface area contributed by atoms with Crippen LogP contribution in [0.25, 0.3) is 6.08 Å². The van der Waals surface area contributed by atoms with E-state index in [9.17, 15) is 18.0 Å². The number of para-hydroxylation sites is 1. The normalized spacial score (nSPS) is 17.6. The maximum atomic E-state index is 12.7. The van der Waals surface area contributed by atoms with Gasteiger partial charge in [0, 0.05) is 25.2 Å². The van der Waals surface area contributed by atoms with E-state index in [0.717, 1.165) is 25.7 Å². The first-order valence-electron chi connectivity index (χ1n) is 11.5. The van der Waals surface area contributed by atoms with Crippen LogP contribution >= 0.6 is 0 Å². The van der Waals surface area contributed by atoms with Crippen molar-refractivity contribution in [3.63, 3.8) is 0 Å². The SMILES string of the molecule is O=C(/C=C/c1ccc(S(=O)(=O)N2CCOCC2)cc1)Nc1ccccc1C(=O)NC1CCCC1. The summed E-state index contributed by atoms with van der Waals surface area (Å²) in [4.78, 5) is 25.4. The molecule has 9 heteroatoms. The fourth-order valence-electron chi connectivity index (χ4n) is 4.16. The third kappa shape index (κ3) is 5.91.